The molecule has 0 saturated carbocycles. The van der Waals surface area contributed by atoms with Gasteiger partial charge < -0.3 is 19.3 Å². The summed E-state index contributed by atoms with van der Waals surface area (Å²) in [5, 5.41) is 0. The highest BCUT2D eigenvalue weighted by Crippen LogP contribution is 2.31. The van der Waals surface area contributed by atoms with Gasteiger partial charge in [0.15, 0.2) is 0 Å². The van der Waals surface area contributed by atoms with Crippen LogP contribution < -0.4 is 0 Å². The molecule has 1 heterocycles. The first-order chi connectivity index (χ1) is 31.2. The van der Waals surface area contributed by atoms with E-state index < -0.39 is 0 Å². The van der Waals surface area contributed by atoms with Crippen LogP contribution in [0.2, 0.25) is 0 Å². The fourth-order valence-corrected chi connectivity index (χ4v) is 8.76. The second kappa shape index (κ2) is 42.9. The number of esters is 2. The Balaban J connectivity index is 2.90. The SMILES string of the molecule is CCCCC/C=C\CCCC(CCC/C=C\CCCCC)COC(=O)CC1CN(C(=O)CCN(C)C)CC1CC(=O)OCC(CCC/C=C\CCCCC)CCC/C=C\CCCCC. The first-order valence-corrected chi connectivity index (χ1v) is 27.1. The second-order valence-electron chi connectivity index (χ2n) is 19.5. The maximum Gasteiger partial charge on any atom is 0.306 e. The fourth-order valence-electron chi connectivity index (χ4n) is 8.76. The molecule has 0 bridgehead atoms. The van der Waals surface area contributed by atoms with E-state index in [0.29, 0.717) is 51.1 Å². The number of likely N-dealkylation sites (tertiary alicyclic amines) is 1. The molecule has 1 fully saturated rings. The second-order valence-corrected chi connectivity index (χ2v) is 19.5. The van der Waals surface area contributed by atoms with Crippen molar-refractivity contribution >= 4 is 17.8 Å². The van der Waals surface area contributed by atoms with Crippen LogP contribution in [0.1, 0.15) is 227 Å². The lowest BCUT2D eigenvalue weighted by atomic mass is 9.90. The molecular formula is C57H102N2O5. The molecule has 2 unspecified atom stereocenters. The van der Waals surface area contributed by atoms with Gasteiger partial charge in [-0.05, 0) is 166 Å². The Bertz CT molecular complexity index is 1110. The minimum Gasteiger partial charge on any atom is -0.465 e. The summed E-state index contributed by atoms with van der Waals surface area (Å²) in [4.78, 5) is 44.4. The highest BCUT2D eigenvalue weighted by atomic mass is 16.5. The molecule has 0 aliphatic carbocycles. The molecule has 1 amide bonds. The Hall–Kier alpha value is -2.67. The lowest BCUT2D eigenvalue weighted by molar-refractivity contribution is -0.149. The third-order valence-electron chi connectivity index (χ3n) is 13.0. The third kappa shape index (κ3) is 34.6. The van der Waals surface area contributed by atoms with Crippen LogP contribution in [0.5, 0.6) is 0 Å². The molecule has 1 aliphatic rings. The first kappa shape index (κ1) is 59.3. The van der Waals surface area contributed by atoms with Crippen LogP contribution in [-0.2, 0) is 23.9 Å². The summed E-state index contributed by atoms with van der Waals surface area (Å²) in [7, 11) is 3.95. The van der Waals surface area contributed by atoms with Crippen molar-refractivity contribution in [3.8, 4) is 0 Å². The van der Waals surface area contributed by atoms with Crippen molar-refractivity contribution in [2.75, 3.05) is 46.9 Å². The van der Waals surface area contributed by atoms with Crippen LogP contribution in [0.3, 0.4) is 0 Å². The van der Waals surface area contributed by atoms with Crippen molar-refractivity contribution in [3.63, 3.8) is 0 Å². The molecule has 1 aliphatic heterocycles. The lowest BCUT2D eigenvalue weighted by Gasteiger charge is -2.20. The van der Waals surface area contributed by atoms with Gasteiger partial charge in [0.2, 0.25) is 5.91 Å². The van der Waals surface area contributed by atoms with Gasteiger partial charge in [0.05, 0.1) is 26.1 Å². The summed E-state index contributed by atoms with van der Waals surface area (Å²) < 4.78 is 12.1. The van der Waals surface area contributed by atoms with E-state index >= 15 is 0 Å². The molecule has 1 rings (SSSR count). The molecular weight excluding hydrogens is 793 g/mol. The van der Waals surface area contributed by atoms with Crippen LogP contribution in [0.15, 0.2) is 48.6 Å². The minimum atomic E-state index is -0.207. The lowest BCUT2D eigenvalue weighted by Crippen LogP contribution is -2.31. The summed E-state index contributed by atoms with van der Waals surface area (Å²) in [5.74, 6) is 0.0914. The normalized spacial score (nSPS) is 15.8. The molecule has 0 aromatic rings. The zero-order valence-electron chi connectivity index (χ0n) is 42.8. The zero-order chi connectivity index (χ0) is 46.7. The van der Waals surface area contributed by atoms with Gasteiger partial charge in [0.1, 0.15) is 0 Å². The number of hydrogen-bond donors (Lipinski definition) is 0. The molecule has 0 spiro atoms. The molecule has 7 nitrogen and oxygen atoms in total. The van der Waals surface area contributed by atoms with Crippen molar-refractivity contribution in [2.45, 2.75) is 227 Å². The van der Waals surface area contributed by atoms with Crippen molar-refractivity contribution in [1.29, 1.82) is 0 Å². The van der Waals surface area contributed by atoms with Crippen molar-refractivity contribution < 1.29 is 23.9 Å². The highest BCUT2D eigenvalue weighted by Gasteiger charge is 2.38. The number of amides is 1. The van der Waals surface area contributed by atoms with Gasteiger partial charge in [-0.1, -0.05) is 128 Å². The van der Waals surface area contributed by atoms with Crippen LogP contribution in [-0.4, -0.2) is 74.6 Å². The molecule has 0 aromatic carbocycles. The number of hydrogen-bond acceptors (Lipinski definition) is 6. The van der Waals surface area contributed by atoms with Crippen LogP contribution >= 0.6 is 0 Å². The Kier molecular flexibility index (Phi) is 39.8. The Morgan fingerprint density at radius 2 is 0.781 bits per heavy atom. The van der Waals surface area contributed by atoms with E-state index in [-0.39, 0.29) is 42.5 Å². The molecule has 1 saturated heterocycles. The van der Waals surface area contributed by atoms with E-state index in [1.807, 2.05) is 23.9 Å². The van der Waals surface area contributed by atoms with Gasteiger partial charge in [-0.2, -0.15) is 0 Å². The highest BCUT2D eigenvalue weighted by molar-refractivity contribution is 5.77. The average molecular weight is 895 g/mol. The predicted molar refractivity (Wildman–Crippen MR) is 273 cm³/mol. The maximum absolute atomic E-state index is 13.6. The summed E-state index contributed by atoms with van der Waals surface area (Å²) in [6.45, 7) is 11.5. The Labute approximate surface area is 396 Å². The van der Waals surface area contributed by atoms with E-state index in [1.165, 1.54) is 77.0 Å². The number of ether oxygens (including phenoxy) is 2. The van der Waals surface area contributed by atoms with Crippen LogP contribution in [0.4, 0.5) is 0 Å². The van der Waals surface area contributed by atoms with Gasteiger partial charge in [0.25, 0.3) is 0 Å². The monoisotopic (exact) mass is 895 g/mol. The molecule has 7 heteroatoms. The largest absolute Gasteiger partial charge is 0.465 e. The van der Waals surface area contributed by atoms with Crippen molar-refractivity contribution in [3.05, 3.63) is 48.6 Å². The topological polar surface area (TPSA) is 76.2 Å². The van der Waals surface area contributed by atoms with E-state index in [2.05, 4.69) is 76.3 Å². The summed E-state index contributed by atoms with van der Waals surface area (Å²) in [5.41, 5.74) is 0. The number of carbonyl (C=O) groups is 3. The standard InChI is InChI=1S/C57H102N2O5/c1-7-11-15-19-23-27-31-35-39-51(40-36-32-28-24-20-16-12-8-2)49-63-56(61)45-53-47-59(55(60)43-44-58(5)6)48-54(53)46-57(62)64-50-52(41-37-33-29-25-21-17-13-9-3)42-38-34-30-26-22-18-14-10-4/h23-30,51-54H,7-22,31-50H2,1-6H3/b27-23-,28-24-,29-25-,30-26-. The number of allylic oxidation sites excluding steroid dienone is 8. The molecule has 370 valence electrons. The number of carbonyl (C=O) groups excluding carboxylic acids is 3. The predicted octanol–water partition coefficient (Wildman–Crippen LogP) is 15.3. The van der Waals surface area contributed by atoms with Gasteiger partial charge in [-0.15, -0.1) is 0 Å². The number of rotatable bonds is 43. The fraction of sp³-hybridized carbons (Fsp3) is 0.807. The van der Waals surface area contributed by atoms with E-state index in [9.17, 15) is 14.4 Å². The van der Waals surface area contributed by atoms with E-state index in [4.69, 9.17) is 9.47 Å². The zero-order valence-corrected chi connectivity index (χ0v) is 42.8. The Morgan fingerprint density at radius 3 is 1.06 bits per heavy atom. The molecule has 0 aromatic heterocycles. The van der Waals surface area contributed by atoms with Crippen LogP contribution in [0, 0.1) is 23.7 Å². The van der Waals surface area contributed by atoms with Gasteiger partial charge >= 0.3 is 11.9 Å². The minimum absolute atomic E-state index is 0.0840. The number of unbranched alkanes of at least 4 members (excludes halogenated alkanes) is 16. The average Bonchev–Trinajstić information content (AvgIpc) is 3.67. The number of nitrogens with zero attached hydrogens (tertiary/aromatic N) is 2. The summed E-state index contributed by atoms with van der Waals surface area (Å²) >= 11 is 0. The molecule has 64 heavy (non-hydrogen) atoms. The third-order valence-corrected chi connectivity index (χ3v) is 13.0. The van der Waals surface area contributed by atoms with Gasteiger partial charge in [-0.25, -0.2) is 0 Å². The van der Waals surface area contributed by atoms with E-state index in [0.717, 1.165) is 103 Å². The Morgan fingerprint density at radius 1 is 0.484 bits per heavy atom. The quantitative estimate of drug-likeness (QED) is 0.0345. The summed E-state index contributed by atoms with van der Waals surface area (Å²) in [6, 6.07) is 0. The molecule has 2 atom stereocenters. The van der Waals surface area contributed by atoms with E-state index in [1.54, 1.807) is 0 Å². The summed E-state index contributed by atoms with van der Waals surface area (Å²) in [6.07, 6.45) is 52.2. The molecule has 0 N–H and O–H groups in total. The van der Waals surface area contributed by atoms with Gasteiger partial charge in [0, 0.05) is 26.1 Å². The van der Waals surface area contributed by atoms with Gasteiger partial charge in [-0.3, -0.25) is 14.4 Å². The van der Waals surface area contributed by atoms with Crippen molar-refractivity contribution in [2.24, 2.45) is 23.7 Å². The van der Waals surface area contributed by atoms with Crippen molar-refractivity contribution in [1.82, 2.24) is 9.80 Å². The smallest absolute Gasteiger partial charge is 0.306 e. The van der Waals surface area contributed by atoms with Crippen LogP contribution in [0.25, 0.3) is 0 Å². The maximum atomic E-state index is 13.6. The molecule has 0 radical (unpaired) electrons. The first-order valence-electron chi connectivity index (χ1n) is 27.1.